The van der Waals surface area contributed by atoms with Crippen molar-refractivity contribution in [2.45, 2.75) is 135 Å². The van der Waals surface area contributed by atoms with Gasteiger partial charge in [0.2, 0.25) is 0 Å². The molecule has 2 aliphatic carbocycles. The van der Waals surface area contributed by atoms with Crippen LogP contribution in [0, 0.1) is 23.7 Å². The van der Waals surface area contributed by atoms with Gasteiger partial charge in [0.1, 0.15) is 0 Å². The molecular weight excluding hydrogens is 338 g/mol. The van der Waals surface area contributed by atoms with Gasteiger partial charge in [0, 0.05) is 6.04 Å². The van der Waals surface area contributed by atoms with Gasteiger partial charge in [0.05, 0.1) is 0 Å². The molecule has 0 radical (unpaired) electrons. The zero-order valence-corrected chi connectivity index (χ0v) is 19.5. The maximum absolute atomic E-state index is 2.90. The van der Waals surface area contributed by atoms with Crippen molar-refractivity contribution in [3.63, 3.8) is 0 Å². The summed E-state index contributed by atoms with van der Waals surface area (Å²) >= 11 is 0. The number of likely N-dealkylation sites (tertiary alicyclic amines) is 1. The molecule has 3 aliphatic rings. The first-order valence-electron chi connectivity index (χ1n) is 13.5. The number of hydrogen-bond acceptors (Lipinski definition) is 1. The number of nitrogens with zero attached hydrogens (tertiary/aromatic N) is 1. The van der Waals surface area contributed by atoms with Crippen molar-refractivity contribution >= 4 is 0 Å². The van der Waals surface area contributed by atoms with E-state index in [1.165, 1.54) is 90.1 Å². The number of rotatable bonds is 10. The monoisotopic (exact) mass is 389 g/mol. The Bertz CT molecular complexity index is 343. The lowest BCUT2D eigenvalue weighted by atomic mass is 9.69. The fourth-order valence-electron chi connectivity index (χ4n) is 6.86. The molecule has 3 fully saturated rings. The summed E-state index contributed by atoms with van der Waals surface area (Å²) in [6.07, 6.45) is 27.0. The first-order valence-corrected chi connectivity index (χ1v) is 13.5. The standard InChI is InChI=1S/C27H51N/c1-3-5-7-9-23-11-13-25(14-12-23)26-15-17-27(18-16-26)28-21-19-24(20-22-28)10-8-6-4-2/h23-27H,3-22H2,1-2H3/t23-,25-,26?,27?. The molecule has 0 spiro atoms. The molecule has 1 aliphatic heterocycles. The van der Waals surface area contributed by atoms with Gasteiger partial charge in [0.15, 0.2) is 0 Å². The van der Waals surface area contributed by atoms with Crippen LogP contribution in [0.15, 0.2) is 0 Å². The fourth-order valence-corrected chi connectivity index (χ4v) is 6.86. The quantitative estimate of drug-likeness (QED) is 0.340. The Morgan fingerprint density at radius 3 is 1.50 bits per heavy atom. The van der Waals surface area contributed by atoms with Crippen LogP contribution in [0.3, 0.4) is 0 Å². The van der Waals surface area contributed by atoms with E-state index in [4.69, 9.17) is 0 Å². The minimum absolute atomic E-state index is 0.943. The predicted molar refractivity (Wildman–Crippen MR) is 124 cm³/mol. The summed E-state index contributed by atoms with van der Waals surface area (Å²) in [5.74, 6) is 4.30. The van der Waals surface area contributed by atoms with Crippen LogP contribution in [-0.4, -0.2) is 24.0 Å². The summed E-state index contributed by atoms with van der Waals surface area (Å²) in [6, 6.07) is 0.943. The molecule has 2 saturated carbocycles. The zero-order valence-electron chi connectivity index (χ0n) is 19.5. The summed E-state index contributed by atoms with van der Waals surface area (Å²) in [6.45, 7) is 7.49. The second-order valence-corrected chi connectivity index (χ2v) is 10.8. The second kappa shape index (κ2) is 12.6. The van der Waals surface area contributed by atoms with Crippen LogP contribution in [-0.2, 0) is 0 Å². The SMILES string of the molecule is CCCCCC1CCN(C2CCC([C@H]3CC[C@H](CCCCC)CC3)CC2)CC1. The van der Waals surface area contributed by atoms with E-state index in [-0.39, 0.29) is 0 Å². The van der Waals surface area contributed by atoms with Crippen LogP contribution in [0.5, 0.6) is 0 Å². The summed E-state index contributed by atoms with van der Waals surface area (Å²) in [5.41, 5.74) is 0. The van der Waals surface area contributed by atoms with Gasteiger partial charge in [0.25, 0.3) is 0 Å². The van der Waals surface area contributed by atoms with Gasteiger partial charge in [-0.1, -0.05) is 78.1 Å². The molecule has 0 unspecified atom stereocenters. The molecule has 0 aromatic rings. The van der Waals surface area contributed by atoms with Crippen LogP contribution in [0.2, 0.25) is 0 Å². The number of hydrogen-bond donors (Lipinski definition) is 0. The third-order valence-corrected chi connectivity index (χ3v) is 8.90. The summed E-state index contributed by atoms with van der Waals surface area (Å²) in [5, 5.41) is 0. The maximum Gasteiger partial charge on any atom is 0.00954 e. The van der Waals surface area contributed by atoms with Crippen molar-refractivity contribution in [2.24, 2.45) is 23.7 Å². The van der Waals surface area contributed by atoms with Gasteiger partial charge in [-0.2, -0.15) is 0 Å². The molecule has 1 nitrogen and oxygen atoms in total. The van der Waals surface area contributed by atoms with Crippen LogP contribution in [0.1, 0.15) is 129 Å². The van der Waals surface area contributed by atoms with E-state index in [0.717, 1.165) is 29.7 Å². The lowest BCUT2D eigenvalue weighted by Crippen LogP contribution is -2.43. The van der Waals surface area contributed by atoms with E-state index in [2.05, 4.69) is 18.7 Å². The Labute approximate surface area is 177 Å². The highest BCUT2D eigenvalue weighted by atomic mass is 15.2. The number of unbranched alkanes of at least 4 members (excludes halogenated alkanes) is 4. The molecule has 0 aromatic heterocycles. The van der Waals surface area contributed by atoms with Crippen LogP contribution < -0.4 is 0 Å². The molecule has 1 heteroatoms. The van der Waals surface area contributed by atoms with Crippen molar-refractivity contribution in [2.75, 3.05) is 13.1 Å². The van der Waals surface area contributed by atoms with E-state index in [9.17, 15) is 0 Å². The second-order valence-electron chi connectivity index (χ2n) is 10.8. The maximum atomic E-state index is 2.90. The minimum Gasteiger partial charge on any atom is -0.300 e. The van der Waals surface area contributed by atoms with Crippen molar-refractivity contribution in [1.82, 2.24) is 4.90 Å². The van der Waals surface area contributed by atoms with E-state index in [1.54, 1.807) is 38.5 Å². The first kappa shape index (κ1) is 22.6. The molecule has 0 N–H and O–H groups in total. The number of piperidine rings is 1. The Balaban J connectivity index is 1.29. The third kappa shape index (κ3) is 7.03. The molecule has 28 heavy (non-hydrogen) atoms. The average Bonchev–Trinajstić information content (AvgIpc) is 2.75. The Hall–Kier alpha value is -0.0400. The van der Waals surface area contributed by atoms with Gasteiger partial charge < -0.3 is 4.90 Å². The molecule has 0 aromatic carbocycles. The normalized spacial score (nSPS) is 33.2. The molecule has 3 rings (SSSR count). The Morgan fingerprint density at radius 2 is 1.00 bits per heavy atom. The fraction of sp³-hybridized carbons (Fsp3) is 1.00. The van der Waals surface area contributed by atoms with E-state index >= 15 is 0 Å². The predicted octanol–water partition coefficient (Wildman–Crippen LogP) is 8.22. The zero-order chi connectivity index (χ0) is 19.6. The lowest BCUT2D eigenvalue weighted by Gasteiger charge is -2.43. The van der Waals surface area contributed by atoms with Gasteiger partial charge in [-0.25, -0.2) is 0 Å². The smallest absolute Gasteiger partial charge is 0.00954 e. The molecular formula is C27H51N. The molecule has 164 valence electrons. The molecule has 0 amide bonds. The van der Waals surface area contributed by atoms with Crippen molar-refractivity contribution in [1.29, 1.82) is 0 Å². The summed E-state index contributed by atoms with van der Waals surface area (Å²) in [4.78, 5) is 2.90. The molecule has 0 bridgehead atoms. The summed E-state index contributed by atoms with van der Waals surface area (Å²) in [7, 11) is 0. The summed E-state index contributed by atoms with van der Waals surface area (Å²) < 4.78 is 0. The van der Waals surface area contributed by atoms with Crippen molar-refractivity contribution < 1.29 is 0 Å². The van der Waals surface area contributed by atoms with Crippen LogP contribution >= 0.6 is 0 Å². The van der Waals surface area contributed by atoms with Gasteiger partial charge in [-0.3, -0.25) is 0 Å². The first-order chi connectivity index (χ1) is 13.8. The van der Waals surface area contributed by atoms with Crippen molar-refractivity contribution in [3.05, 3.63) is 0 Å². The van der Waals surface area contributed by atoms with Crippen molar-refractivity contribution in [3.8, 4) is 0 Å². The third-order valence-electron chi connectivity index (χ3n) is 8.90. The van der Waals surface area contributed by atoms with Gasteiger partial charge >= 0.3 is 0 Å². The van der Waals surface area contributed by atoms with Crippen LogP contribution in [0.25, 0.3) is 0 Å². The van der Waals surface area contributed by atoms with E-state index < -0.39 is 0 Å². The minimum atomic E-state index is 0.943. The van der Waals surface area contributed by atoms with Gasteiger partial charge in [-0.05, 0) is 88.1 Å². The highest BCUT2D eigenvalue weighted by molar-refractivity contribution is 4.87. The van der Waals surface area contributed by atoms with E-state index in [1.807, 2.05) is 0 Å². The largest absolute Gasteiger partial charge is 0.300 e. The topological polar surface area (TPSA) is 3.24 Å². The molecule has 1 saturated heterocycles. The highest BCUT2D eigenvalue weighted by Gasteiger charge is 2.33. The highest BCUT2D eigenvalue weighted by Crippen LogP contribution is 2.42. The lowest BCUT2D eigenvalue weighted by molar-refractivity contribution is 0.0717. The Morgan fingerprint density at radius 1 is 0.536 bits per heavy atom. The van der Waals surface area contributed by atoms with Crippen LogP contribution in [0.4, 0.5) is 0 Å². The van der Waals surface area contributed by atoms with E-state index in [0.29, 0.717) is 0 Å². The van der Waals surface area contributed by atoms with Gasteiger partial charge in [-0.15, -0.1) is 0 Å². The Kier molecular flexibility index (Phi) is 10.2. The average molecular weight is 390 g/mol. The molecule has 1 heterocycles. The molecule has 0 atom stereocenters.